The third-order valence-electron chi connectivity index (χ3n) is 2.92. The molecule has 1 fully saturated rings. The molecule has 94 valence electrons. The van der Waals surface area contributed by atoms with Crippen molar-refractivity contribution in [3.63, 3.8) is 0 Å². The highest BCUT2D eigenvalue weighted by molar-refractivity contribution is 5.27. The van der Waals surface area contributed by atoms with E-state index in [1.54, 1.807) is 0 Å². The molecule has 3 nitrogen and oxygen atoms in total. The standard InChI is InChI=1S/C11H14F3N3/c12-11(13,14)8-6-15-10(16-7-8)17-9-4-2-1-3-5-9/h6-7,9H,1-5H2,(H,15,16,17). The van der Waals surface area contributed by atoms with Crippen molar-refractivity contribution in [1.82, 2.24) is 9.97 Å². The lowest BCUT2D eigenvalue weighted by Gasteiger charge is -2.22. The number of hydrogen-bond donors (Lipinski definition) is 1. The Labute approximate surface area is 97.5 Å². The highest BCUT2D eigenvalue weighted by Crippen LogP contribution is 2.28. The zero-order valence-electron chi connectivity index (χ0n) is 9.30. The summed E-state index contributed by atoms with van der Waals surface area (Å²) < 4.78 is 36.8. The normalized spacial score (nSPS) is 18.1. The summed E-state index contributed by atoms with van der Waals surface area (Å²) in [6.07, 6.45) is 2.86. The van der Waals surface area contributed by atoms with Crippen molar-refractivity contribution in [2.45, 2.75) is 44.3 Å². The maximum absolute atomic E-state index is 12.3. The smallest absolute Gasteiger partial charge is 0.351 e. The molecule has 0 aliphatic heterocycles. The fraction of sp³-hybridized carbons (Fsp3) is 0.636. The van der Waals surface area contributed by atoms with Crippen molar-refractivity contribution in [2.75, 3.05) is 5.32 Å². The van der Waals surface area contributed by atoms with Gasteiger partial charge >= 0.3 is 6.18 Å². The molecule has 0 radical (unpaired) electrons. The number of hydrogen-bond acceptors (Lipinski definition) is 3. The van der Waals surface area contributed by atoms with E-state index in [0.717, 1.165) is 38.1 Å². The van der Waals surface area contributed by atoms with Crippen LogP contribution in [-0.2, 0) is 6.18 Å². The van der Waals surface area contributed by atoms with Crippen LogP contribution in [0.3, 0.4) is 0 Å². The minimum absolute atomic E-state index is 0.282. The summed E-state index contributed by atoms with van der Waals surface area (Å²) in [6.45, 7) is 0. The lowest BCUT2D eigenvalue weighted by molar-refractivity contribution is -0.138. The largest absolute Gasteiger partial charge is 0.419 e. The van der Waals surface area contributed by atoms with E-state index < -0.39 is 11.7 Å². The second-order valence-corrected chi connectivity index (χ2v) is 4.27. The van der Waals surface area contributed by atoms with E-state index in [-0.39, 0.29) is 5.95 Å². The summed E-state index contributed by atoms with van der Waals surface area (Å²) in [4.78, 5) is 7.39. The molecule has 0 bridgehead atoms. The molecule has 0 amide bonds. The van der Waals surface area contributed by atoms with Gasteiger partial charge in [-0.1, -0.05) is 19.3 Å². The molecule has 1 aliphatic carbocycles. The number of alkyl halides is 3. The molecule has 1 heterocycles. The highest BCUT2D eigenvalue weighted by atomic mass is 19.4. The molecule has 1 aliphatic rings. The SMILES string of the molecule is FC(F)(F)c1cnc(NC2CCCCC2)nc1. The van der Waals surface area contributed by atoms with Crippen LogP contribution in [0.2, 0.25) is 0 Å². The lowest BCUT2D eigenvalue weighted by Crippen LogP contribution is -2.23. The molecule has 0 saturated heterocycles. The third kappa shape index (κ3) is 3.31. The second kappa shape index (κ2) is 4.89. The van der Waals surface area contributed by atoms with Gasteiger partial charge in [0.15, 0.2) is 0 Å². The minimum atomic E-state index is -4.37. The molecule has 0 unspecified atom stereocenters. The van der Waals surface area contributed by atoms with E-state index in [0.29, 0.717) is 6.04 Å². The number of nitrogens with one attached hydrogen (secondary N) is 1. The maximum atomic E-state index is 12.3. The van der Waals surface area contributed by atoms with Crippen LogP contribution in [0.25, 0.3) is 0 Å². The predicted molar refractivity (Wildman–Crippen MR) is 57.5 cm³/mol. The molecular weight excluding hydrogens is 231 g/mol. The summed E-state index contributed by atoms with van der Waals surface area (Å²) >= 11 is 0. The van der Waals surface area contributed by atoms with Crippen LogP contribution >= 0.6 is 0 Å². The van der Waals surface area contributed by atoms with Gasteiger partial charge in [0.05, 0.1) is 5.56 Å². The zero-order chi connectivity index (χ0) is 12.3. The Bertz CT molecular complexity index is 355. The monoisotopic (exact) mass is 245 g/mol. The summed E-state index contributed by atoms with van der Waals surface area (Å²) in [6, 6.07) is 0.292. The van der Waals surface area contributed by atoms with Gasteiger partial charge in [-0.2, -0.15) is 13.2 Å². The first-order chi connectivity index (χ1) is 8.05. The van der Waals surface area contributed by atoms with Crippen molar-refractivity contribution < 1.29 is 13.2 Å². The van der Waals surface area contributed by atoms with Crippen LogP contribution in [0.4, 0.5) is 19.1 Å². The van der Waals surface area contributed by atoms with Crippen LogP contribution in [0.5, 0.6) is 0 Å². The topological polar surface area (TPSA) is 37.8 Å². The van der Waals surface area contributed by atoms with Gasteiger partial charge in [0.2, 0.25) is 5.95 Å². The molecule has 1 aromatic heterocycles. The van der Waals surface area contributed by atoms with Crippen molar-refractivity contribution >= 4 is 5.95 Å². The van der Waals surface area contributed by atoms with Crippen LogP contribution in [0.1, 0.15) is 37.7 Å². The third-order valence-corrected chi connectivity index (χ3v) is 2.92. The molecule has 6 heteroatoms. The number of anilines is 1. The summed E-state index contributed by atoms with van der Waals surface area (Å²) in [5.41, 5.74) is -0.813. The van der Waals surface area contributed by atoms with Crippen LogP contribution in [-0.4, -0.2) is 16.0 Å². The first kappa shape index (κ1) is 12.1. The van der Waals surface area contributed by atoms with Gasteiger partial charge in [0.25, 0.3) is 0 Å². The number of nitrogens with zero attached hydrogens (tertiary/aromatic N) is 2. The summed E-state index contributed by atoms with van der Waals surface area (Å²) in [7, 11) is 0. The molecule has 1 saturated carbocycles. The maximum Gasteiger partial charge on any atom is 0.419 e. The molecule has 0 spiro atoms. The van der Waals surface area contributed by atoms with Crippen molar-refractivity contribution in [2.24, 2.45) is 0 Å². The van der Waals surface area contributed by atoms with Gasteiger partial charge in [-0.3, -0.25) is 0 Å². The van der Waals surface area contributed by atoms with Crippen molar-refractivity contribution in [3.8, 4) is 0 Å². The van der Waals surface area contributed by atoms with Gasteiger partial charge in [-0.15, -0.1) is 0 Å². The molecule has 2 rings (SSSR count). The van der Waals surface area contributed by atoms with E-state index in [4.69, 9.17) is 0 Å². The van der Waals surface area contributed by atoms with E-state index in [2.05, 4.69) is 15.3 Å². The average molecular weight is 245 g/mol. The molecule has 17 heavy (non-hydrogen) atoms. The van der Waals surface area contributed by atoms with E-state index in [1.165, 1.54) is 6.42 Å². The Balaban J connectivity index is 1.98. The molecule has 0 atom stereocenters. The fourth-order valence-corrected chi connectivity index (χ4v) is 1.98. The Morgan fingerprint density at radius 3 is 2.18 bits per heavy atom. The van der Waals surface area contributed by atoms with Crippen molar-refractivity contribution in [1.29, 1.82) is 0 Å². The number of aromatic nitrogens is 2. The van der Waals surface area contributed by atoms with Gasteiger partial charge in [0.1, 0.15) is 0 Å². The molecule has 0 aromatic carbocycles. The van der Waals surface area contributed by atoms with Crippen molar-refractivity contribution in [3.05, 3.63) is 18.0 Å². The van der Waals surface area contributed by atoms with Gasteiger partial charge in [-0.25, -0.2) is 9.97 Å². The molecule has 1 aromatic rings. The van der Waals surface area contributed by atoms with Crippen LogP contribution < -0.4 is 5.32 Å². The average Bonchev–Trinajstić information content (AvgIpc) is 2.30. The first-order valence-corrected chi connectivity index (χ1v) is 5.71. The van der Waals surface area contributed by atoms with Crippen LogP contribution in [0.15, 0.2) is 12.4 Å². The number of halogens is 3. The summed E-state index contributed by atoms with van der Waals surface area (Å²) in [5.74, 6) is 0.282. The molecular formula is C11H14F3N3. The highest BCUT2D eigenvalue weighted by Gasteiger charge is 2.31. The van der Waals surface area contributed by atoms with E-state index >= 15 is 0 Å². The van der Waals surface area contributed by atoms with Crippen LogP contribution in [0, 0.1) is 0 Å². The Morgan fingerprint density at radius 1 is 1.06 bits per heavy atom. The Morgan fingerprint density at radius 2 is 1.65 bits per heavy atom. The first-order valence-electron chi connectivity index (χ1n) is 5.71. The number of rotatable bonds is 2. The fourth-order valence-electron chi connectivity index (χ4n) is 1.98. The second-order valence-electron chi connectivity index (χ2n) is 4.27. The molecule has 1 N–H and O–H groups in total. The van der Waals surface area contributed by atoms with Gasteiger partial charge in [-0.05, 0) is 12.8 Å². The van der Waals surface area contributed by atoms with E-state index in [1.807, 2.05) is 0 Å². The quantitative estimate of drug-likeness (QED) is 0.869. The van der Waals surface area contributed by atoms with E-state index in [9.17, 15) is 13.2 Å². The summed E-state index contributed by atoms with van der Waals surface area (Å²) in [5, 5.41) is 3.07. The zero-order valence-corrected chi connectivity index (χ0v) is 9.30. The predicted octanol–water partition coefficient (Wildman–Crippen LogP) is 3.24. The lowest BCUT2D eigenvalue weighted by atomic mass is 9.96. The Kier molecular flexibility index (Phi) is 3.49. The van der Waals surface area contributed by atoms with Gasteiger partial charge < -0.3 is 5.32 Å². The Hall–Kier alpha value is -1.33. The van der Waals surface area contributed by atoms with Gasteiger partial charge in [0, 0.05) is 18.4 Å². The minimum Gasteiger partial charge on any atom is -0.351 e.